The Morgan fingerprint density at radius 3 is 2.80 bits per heavy atom. The molecule has 0 amide bonds. The predicted octanol–water partition coefficient (Wildman–Crippen LogP) is 1.89. The Labute approximate surface area is 89.6 Å². The second-order valence-corrected chi connectivity index (χ2v) is 5.21. The van der Waals surface area contributed by atoms with Crippen molar-refractivity contribution >= 4 is 18.6 Å². The van der Waals surface area contributed by atoms with Crippen molar-refractivity contribution in [2.24, 2.45) is 0 Å². The SMILES string of the molecule is CCC(C)OP(=O)(O)c1cccc(N)c1. The molecule has 2 atom stereocenters. The van der Waals surface area contributed by atoms with Crippen molar-refractivity contribution in [3.8, 4) is 0 Å². The summed E-state index contributed by atoms with van der Waals surface area (Å²) in [6.07, 6.45) is 0.439. The fourth-order valence-corrected chi connectivity index (χ4v) is 2.43. The van der Waals surface area contributed by atoms with E-state index in [0.717, 1.165) is 0 Å². The maximum Gasteiger partial charge on any atom is 0.359 e. The van der Waals surface area contributed by atoms with E-state index < -0.39 is 7.60 Å². The van der Waals surface area contributed by atoms with Gasteiger partial charge >= 0.3 is 7.60 Å². The Morgan fingerprint density at radius 2 is 2.27 bits per heavy atom. The van der Waals surface area contributed by atoms with Crippen molar-refractivity contribution in [2.75, 3.05) is 5.73 Å². The molecule has 1 rings (SSSR count). The lowest BCUT2D eigenvalue weighted by atomic mass is 10.3. The second-order valence-electron chi connectivity index (χ2n) is 3.44. The molecule has 1 aromatic carbocycles. The van der Waals surface area contributed by atoms with E-state index in [1.54, 1.807) is 25.1 Å². The van der Waals surface area contributed by atoms with Crippen molar-refractivity contribution in [3.05, 3.63) is 24.3 Å². The van der Waals surface area contributed by atoms with Crippen LogP contribution in [0.4, 0.5) is 5.69 Å². The highest BCUT2D eigenvalue weighted by molar-refractivity contribution is 7.61. The third-order valence-electron chi connectivity index (χ3n) is 2.09. The molecule has 1 aromatic rings. The van der Waals surface area contributed by atoms with Crippen LogP contribution in [0.2, 0.25) is 0 Å². The minimum Gasteiger partial charge on any atom is -0.399 e. The molecule has 0 radical (unpaired) electrons. The number of hydrogen-bond donors (Lipinski definition) is 2. The van der Waals surface area contributed by atoms with Gasteiger partial charge in [-0.1, -0.05) is 13.0 Å². The van der Waals surface area contributed by atoms with Crippen LogP contribution in [0, 0.1) is 0 Å². The van der Waals surface area contributed by atoms with Gasteiger partial charge < -0.3 is 15.2 Å². The van der Waals surface area contributed by atoms with Crippen molar-refractivity contribution < 1.29 is 14.0 Å². The summed E-state index contributed by atoms with van der Waals surface area (Å²) in [6.45, 7) is 3.65. The van der Waals surface area contributed by atoms with Gasteiger partial charge in [-0.2, -0.15) is 0 Å². The zero-order valence-electron chi connectivity index (χ0n) is 8.88. The molecule has 0 bridgehead atoms. The third-order valence-corrected chi connectivity index (χ3v) is 3.67. The molecule has 0 saturated heterocycles. The number of benzene rings is 1. The molecule has 2 unspecified atom stereocenters. The summed E-state index contributed by atoms with van der Waals surface area (Å²) >= 11 is 0. The Hall–Kier alpha value is -0.830. The van der Waals surface area contributed by atoms with Gasteiger partial charge in [-0.3, -0.25) is 4.57 Å². The smallest absolute Gasteiger partial charge is 0.359 e. The van der Waals surface area contributed by atoms with Gasteiger partial charge in [0.15, 0.2) is 0 Å². The van der Waals surface area contributed by atoms with Crippen LogP contribution in [0.5, 0.6) is 0 Å². The summed E-state index contributed by atoms with van der Waals surface area (Å²) in [4.78, 5) is 9.69. The van der Waals surface area contributed by atoms with Crippen LogP contribution in [0.3, 0.4) is 0 Å². The zero-order valence-corrected chi connectivity index (χ0v) is 9.78. The van der Waals surface area contributed by atoms with Gasteiger partial charge in [-0.15, -0.1) is 0 Å². The summed E-state index contributed by atoms with van der Waals surface area (Å²) in [6, 6.07) is 6.29. The molecule has 3 N–H and O–H groups in total. The van der Waals surface area contributed by atoms with E-state index in [1.807, 2.05) is 6.92 Å². The Balaban J connectivity index is 2.90. The minimum absolute atomic E-state index is 0.239. The highest BCUT2D eigenvalue weighted by atomic mass is 31.2. The molecule has 0 heterocycles. The first-order valence-corrected chi connectivity index (χ1v) is 6.40. The maximum absolute atomic E-state index is 11.8. The Bertz CT molecular complexity index is 381. The van der Waals surface area contributed by atoms with Gasteiger partial charge in [-0.05, 0) is 31.5 Å². The molecular formula is C10H16NO3P. The Morgan fingerprint density at radius 1 is 1.60 bits per heavy atom. The van der Waals surface area contributed by atoms with E-state index in [2.05, 4.69) is 0 Å². The molecule has 0 fully saturated rings. The van der Waals surface area contributed by atoms with Gasteiger partial charge in [0, 0.05) is 5.69 Å². The highest BCUT2D eigenvalue weighted by Gasteiger charge is 2.24. The van der Waals surface area contributed by atoms with Crippen molar-refractivity contribution in [1.29, 1.82) is 0 Å². The highest BCUT2D eigenvalue weighted by Crippen LogP contribution is 2.42. The summed E-state index contributed by atoms with van der Waals surface area (Å²) in [7, 11) is -3.72. The average molecular weight is 229 g/mol. The van der Waals surface area contributed by atoms with E-state index in [-0.39, 0.29) is 11.4 Å². The number of nitrogens with two attached hydrogens (primary N) is 1. The lowest BCUT2D eigenvalue weighted by Crippen LogP contribution is -2.13. The standard InChI is InChI=1S/C10H16NO3P/c1-3-8(2)14-15(12,13)10-6-4-5-9(11)7-10/h4-8H,3,11H2,1-2H3,(H,12,13). The van der Waals surface area contributed by atoms with Crippen LogP contribution < -0.4 is 11.0 Å². The summed E-state index contributed by atoms with van der Waals surface area (Å²) in [5, 5.41) is 0.239. The number of nitrogen functional groups attached to an aromatic ring is 1. The first-order valence-electron chi connectivity index (χ1n) is 4.83. The van der Waals surface area contributed by atoms with Crippen LogP contribution in [0.15, 0.2) is 24.3 Å². The minimum atomic E-state index is -3.72. The van der Waals surface area contributed by atoms with Crippen LogP contribution in [-0.2, 0) is 9.09 Å². The molecular weight excluding hydrogens is 213 g/mol. The lowest BCUT2D eigenvalue weighted by Gasteiger charge is -2.16. The fourth-order valence-electron chi connectivity index (χ4n) is 1.08. The van der Waals surface area contributed by atoms with E-state index in [4.69, 9.17) is 10.3 Å². The normalized spacial score (nSPS) is 17.0. The number of rotatable bonds is 4. The first-order chi connectivity index (χ1) is 6.95. The number of hydrogen-bond acceptors (Lipinski definition) is 3. The van der Waals surface area contributed by atoms with E-state index in [9.17, 15) is 9.46 Å². The molecule has 0 spiro atoms. The van der Waals surface area contributed by atoms with Crippen molar-refractivity contribution in [2.45, 2.75) is 26.4 Å². The van der Waals surface area contributed by atoms with Crippen LogP contribution in [0.25, 0.3) is 0 Å². The van der Waals surface area contributed by atoms with Crippen LogP contribution in [-0.4, -0.2) is 11.0 Å². The molecule has 15 heavy (non-hydrogen) atoms. The second kappa shape index (κ2) is 4.79. The molecule has 84 valence electrons. The molecule has 0 saturated carbocycles. The van der Waals surface area contributed by atoms with Gasteiger partial charge in [0.1, 0.15) is 0 Å². The molecule has 0 aliphatic heterocycles. The summed E-state index contributed by atoms with van der Waals surface area (Å²) < 4.78 is 16.9. The fraction of sp³-hybridized carbons (Fsp3) is 0.400. The van der Waals surface area contributed by atoms with Crippen LogP contribution in [0.1, 0.15) is 20.3 Å². The molecule has 0 aliphatic carbocycles. The summed E-state index contributed by atoms with van der Waals surface area (Å²) in [5.74, 6) is 0. The summed E-state index contributed by atoms with van der Waals surface area (Å²) in [5.41, 5.74) is 5.98. The third kappa shape index (κ3) is 3.34. The van der Waals surface area contributed by atoms with E-state index in [1.165, 1.54) is 6.07 Å². The molecule has 4 nitrogen and oxygen atoms in total. The van der Waals surface area contributed by atoms with Crippen molar-refractivity contribution in [3.63, 3.8) is 0 Å². The average Bonchev–Trinajstić information content (AvgIpc) is 2.17. The van der Waals surface area contributed by atoms with Gasteiger partial charge in [0.2, 0.25) is 0 Å². The van der Waals surface area contributed by atoms with Gasteiger partial charge in [-0.25, -0.2) is 0 Å². The molecule has 0 aliphatic rings. The molecule has 5 heteroatoms. The maximum atomic E-state index is 11.8. The Kier molecular flexibility index (Phi) is 3.91. The zero-order chi connectivity index (χ0) is 11.5. The van der Waals surface area contributed by atoms with Crippen LogP contribution >= 0.6 is 7.60 Å². The lowest BCUT2D eigenvalue weighted by molar-refractivity contribution is 0.192. The largest absolute Gasteiger partial charge is 0.399 e. The van der Waals surface area contributed by atoms with Crippen molar-refractivity contribution in [1.82, 2.24) is 0 Å². The monoisotopic (exact) mass is 229 g/mol. The quantitative estimate of drug-likeness (QED) is 0.611. The first kappa shape index (κ1) is 12.2. The van der Waals surface area contributed by atoms with Gasteiger partial charge in [0.25, 0.3) is 0 Å². The van der Waals surface area contributed by atoms with E-state index >= 15 is 0 Å². The van der Waals surface area contributed by atoms with E-state index in [0.29, 0.717) is 12.1 Å². The predicted molar refractivity (Wildman–Crippen MR) is 61.2 cm³/mol. The topological polar surface area (TPSA) is 72.5 Å². The number of anilines is 1. The van der Waals surface area contributed by atoms with Gasteiger partial charge in [0.05, 0.1) is 11.4 Å². The molecule has 0 aromatic heterocycles.